The molecule has 6 heteroatoms. The Morgan fingerprint density at radius 3 is 2.61 bits per heavy atom. The summed E-state index contributed by atoms with van der Waals surface area (Å²) in [6, 6.07) is 6.81. The van der Waals surface area contributed by atoms with Gasteiger partial charge in [0.2, 0.25) is 0 Å². The van der Waals surface area contributed by atoms with Crippen LogP contribution >= 0.6 is 0 Å². The van der Waals surface area contributed by atoms with Gasteiger partial charge < -0.3 is 9.63 Å². The van der Waals surface area contributed by atoms with Gasteiger partial charge in [0, 0.05) is 28.6 Å². The zero-order valence-electron chi connectivity index (χ0n) is 13.1. The first-order valence-electron chi connectivity index (χ1n) is 6.93. The normalized spacial score (nSPS) is 10.9. The molecule has 0 radical (unpaired) electrons. The third kappa shape index (κ3) is 2.70. The quantitative estimate of drug-likeness (QED) is 0.367. The fourth-order valence-electron chi connectivity index (χ4n) is 2.84. The van der Waals surface area contributed by atoms with Gasteiger partial charge in [-0.15, -0.1) is 5.75 Å². The average molecular weight is 329 g/mol. The zero-order valence-corrected chi connectivity index (χ0v) is 16.2. The molecule has 23 heavy (non-hydrogen) atoms. The second kappa shape index (κ2) is 6.30. The Bertz CT molecular complexity index is 1010. The SMILES string of the molecule is Cc1noc(C)c1-c1nc2cc([O-])ccc2c2cnccc12.[K+]. The zero-order chi connectivity index (χ0) is 15.3. The van der Waals surface area contributed by atoms with Crippen molar-refractivity contribution in [3.05, 3.63) is 48.1 Å². The molecule has 0 spiro atoms. The number of benzene rings is 1. The van der Waals surface area contributed by atoms with Crippen LogP contribution in [0.3, 0.4) is 0 Å². The third-order valence-corrected chi connectivity index (χ3v) is 3.84. The Morgan fingerprint density at radius 2 is 1.87 bits per heavy atom. The summed E-state index contributed by atoms with van der Waals surface area (Å²) >= 11 is 0. The predicted octanol–water partition coefficient (Wildman–Crippen LogP) is 0.132. The van der Waals surface area contributed by atoms with E-state index in [0.29, 0.717) is 11.3 Å². The number of hydrogen-bond donors (Lipinski definition) is 0. The van der Waals surface area contributed by atoms with Crippen LogP contribution in [0, 0.1) is 13.8 Å². The van der Waals surface area contributed by atoms with Crippen molar-refractivity contribution in [2.24, 2.45) is 0 Å². The van der Waals surface area contributed by atoms with E-state index in [4.69, 9.17) is 9.51 Å². The topological polar surface area (TPSA) is 74.9 Å². The summed E-state index contributed by atoms with van der Waals surface area (Å²) in [6.45, 7) is 3.74. The molecule has 0 aliphatic heterocycles. The van der Waals surface area contributed by atoms with Crippen molar-refractivity contribution in [3.8, 4) is 17.0 Å². The molecule has 0 saturated carbocycles. The second-order valence-corrected chi connectivity index (χ2v) is 5.26. The maximum atomic E-state index is 11.7. The van der Waals surface area contributed by atoms with Crippen LogP contribution in [0.15, 0.2) is 41.2 Å². The number of nitrogens with zero attached hydrogens (tertiary/aromatic N) is 3. The molecule has 0 fully saturated rings. The molecule has 3 aromatic heterocycles. The summed E-state index contributed by atoms with van der Waals surface area (Å²) < 4.78 is 5.27. The third-order valence-electron chi connectivity index (χ3n) is 3.84. The minimum absolute atomic E-state index is 0. The summed E-state index contributed by atoms with van der Waals surface area (Å²) in [4.78, 5) is 8.91. The Hall–Kier alpha value is -1.31. The van der Waals surface area contributed by atoms with Crippen LogP contribution in [0.2, 0.25) is 0 Å². The molecule has 0 saturated heterocycles. The van der Waals surface area contributed by atoms with E-state index in [-0.39, 0.29) is 57.1 Å². The van der Waals surface area contributed by atoms with E-state index in [1.807, 2.05) is 19.9 Å². The van der Waals surface area contributed by atoms with Crippen molar-refractivity contribution >= 4 is 21.7 Å². The van der Waals surface area contributed by atoms with Crippen molar-refractivity contribution in [3.63, 3.8) is 0 Å². The van der Waals surface area contributed by atoms with Crippen molar-refractivity contribution in [1.29, 1.82) is 0 Å². The molecule has 3 heterocycles. The van der Waals surface area contributed by atoms with E-state index < -0.39 is 0 Å². The van der Waals surface area contributed by atoms with Crippen LogP contribution < -0.4 is 56.5 Å². The van der Waals surface area contributed by atoms with Crippen LogP contribution in [0.1, 0.15) is 11.5 Å². The number of fused-ring (bicyclic) bond motifs is 3. The molecule has 0 bridgehead atoms. The fourth-order valence-corrected chi connectivity index (χ4v) is 2.84. The molecule has 108 valence electrons. The number of aryl methyl sites for hydroxylation is 2. The van der Waals surface area contributed by atoms with Crippen molar-refractivity contribution in [2.75, 3.05) is 0 Å². The minimum Gasteiger partial charge on any atom is -0.872 e. The number of pyridine rings is 2. The van der Waals surface area contributed by atoms with Crippen LogP contribution in [-0.2, 0) is 0 Å². The Morgan fingerprint density at radius 1 is 1.04 bits per heavy atom. The van der Waals surface area contributed by atoms with E-state index >= 15 is 0 Å². The molecule has 1 aromatic carbocycles. The molecule has 4 rings (SSSR count). The first-order chi connectivity index (χ1) is 10.6. The standard InChI is InChI=1S/C17H13N3O2.K/c1-9-16(10(2)22-20-9)17-13-5-6-18-8-14(13)12-4-3-11(21)7-15(12)19-17;/h3-8,21H,1-2H3;/q;+1/p-1. The van der Waals surface area contributed by atoms with Crippen LogP contribution in [0.4, 0.5) is 0 Å². The Labute approximate surface area is 175 Å². The first kappa shape index (κ1) is 16.5. The maximum absolute atomic E-state index is 11.7. The average Bonchev–Trinajstić information content (AvgIpc) is 2.85. The minimum atomic E-state index is -0.0621. The number of rotatable bonds is 1. The van der Waals surface area contributed by atoms with E-state index in [0.717, 1.165) is 33.1 Å². The smallest absolute Gasteiger partial charge is 0.872 e. The van der Waals surface area contributed by atoms with E-state index in [2.05, 4.69) is 10.1 Å². The number of hydrogen-bond acceptors (Lipinski definition) is 5. The Kier molecular flexibility index (Phi) is 4.53. The second-order valence-electron chi connectivity index (χ2n) is 5.26. The molecule has 0 amide bonds. The summed E-state index contributed by atoms with van der Waals surface area (Å²) in [7, 11) is 0. The van der Waals surface area contributed by atoms with Gasteiger partial charge in [0.1, 0.15) is 5.76 Å². The van der Waals surface area contributed by atoms with Crippen molar-refractivity contribution in [2.45, 2.75) is 13.8 Å². The van der Waals surface area contributed by atoms with Crippen molar-refractivity contribution < 1.29 is 61.0 Å². The summed E-state index contributed by atoms with van der Waals surface area (Å²) in [6.07, 6.45) is 3.53. The predicted molar refractivity (Wildman–Crippen MR) is 81.5 cm³/mol. The van der Waals surface area contributed by atoms with Gasteiger partial charge in [-0.25, -0.2) is 4.98 Å². The molecule has 4 aromatic rings. The molecule has 0 N–H and O–H groups in total. The number of aromatic nitrogens is 3. The summed E-state index contributed by atoms with van der Waals surface area (Å²) in [5, 5.41) is 18.5. The van der Waals surface area contributed by atoms with Gasteiger partial charge in [0.05, 0.1) is 22.5 Å². The molecular formula is C17H12KN3O2. The van der Waals surface area contributed by atoms with Crippen LogP contribution in [-0.4, -0.2) is 15.1 Å². The molecule has 0 atom stereocenters. The van der Waals surface area contributed by atoms with Crippen molar-refractivity contribution in [1.82, 2.24) is 15.1 Å². The van der Waals surface area contributed by atoms with E-state index in [1.54, 1.807) is 30.6 Å². The maximum Gasteiger partial charge on any atom is 1.00 e. The van der Waals surface area contributed by atoms with Gasteiger partial charge in [-0.2, -0.15) is 0 Å². The summed E-state index contributed by atoms with van der Waals surface area (Å²) in [5.74, 6) is 0.647. The Balaban J connectivity index is 0.00000156. The molecule has 5 nitrogen and oxygen atoms in total. The molecule has 0 aliphatic rings. The van der Waals surface area contributed by atoms with E-state index in [1.165, 1.54) is 0 Å². The van der Waals surface area contributed by atoms with Crippen LogP contribution in [0.25, 0.3) is 32.9 Å². The monoisotopic (exact) mass is 329 g/mol. The molecule has 0 unspecified atom stereocenters. The fraction of sp³-hybridized carbons (Fsp3) is 0.118. The van der Waals surface area contributed by atoms with Gasteiger partial charge in [-0.1, -0.05) is 17.3 Å². The molecule has 0 aliphatic carbocycles. The van der Waals surface area contributed by atoms with E-state index in [9.17, 15) is 5.11 Å². The summed E-state index contributed by atoms with van der Waals surface area (Å²) in [5.41, 5.74) is 3.07. The van der Waals surface area contributed by atoms with Gasteiger partial charge in [0.15, 0.2) is 0 Å². The van der Waals surface area contributed by atoms with Gasteiger partial charge in [-0.3, -0.25) is 4.98 Å². The largest absolute Gasteiger partial charge is 1.00 e. The molecular weight excluding hydrogens is 317 g/mol. The first-order valence-corrected chi connectivity index (χ1v) is 6.93. The van der Waals surface area contributed by atoms with Gasteiger partial charge in [0.25, 0.3) is 0 Å². The van der Waals surface area contributed by atoms with Gasteiger partial charge >= 0.3 is 51.4 Å². The van der Waals surface area contributed by atoms with Crippen LogP contribution in [0.5, 0.6) is 5.75 Å². The van der Waals surface area contributed by atoms with Gasteiger partial charge in [-0.05, 0) is 26.0 Å².